The van der Waals surface area contributed by atoms with Crippen LogP contribution in [-0.2, 0) is 4.74 Å². The molecule has 0 aliphatic carbocycles. The van der Waals surface area contributed by atoms with Crippen LogP contribution in [0.25, 0.3) is 11.0 Å². The molecule has 0 aliphatic heterocycles. The number of carbonyl (C=O) groups excluding carboxylic acids is 1. The fourth-order valence-corrected chi connectivity index (χ4v) is 1.91. The zero-order valence-electron chi connectivity index (χ0n) is 12.7. The molecule has 0 aliphatic rings. The first-order valence-corrected chi connectivity index (χ1v) is 7.30. The van der Waals surface area contributed by atoms with E-state index in [1.54, 1.807) is 6.20 Å². The van der Waals surface area contributed by atoms with Gasteiger partial charge in [0, 0.05) is 13.1 Å². The second kappa shape index (κ2) is 6.78. The highest BCUT2D eigenvalue weighted by molar-refractivity contribution is 6.28. The molecule has 120 valence electrons. The number of ether oxygens (including phenoxy) is 1. The van der Waals surface area contributed by atoms with Crippen molar-refractivity contribution < 1.29 is 9.53 Å². The summed E-state index contributed by atoms with van der Waals surface area (Å²) < 4.78 is 5.14. The summed E-state index contributed by atoms with van der Waals surface area (Å²) in [5.74, 6) is 0.612. The Kier molecular flexibility index (Phi) is 5.02. The lowest BCUT2D eigenvalue weighted by Gasteiger charge is -2.19. The van der Waals surface area contributed by atoms with Crippen LogP contribution in [0.3, 0.4) is 0 Å². The molecule has 8 nitrogen and oxygen atoms in total. The molecular formula is C13H19ClN6O2. The van der Waals surface area contributed by atoms with Crippen LogP contribution >= 0.6 is 11.6 Å². The average Bonchev–Trinajstić information content (AvgIpc) is 2.84. The van der Waals surface area contributed by atoms with Gasteiger partial charge >= 0.3 is 6.09 Å². The molecule has 0 spiro atoms. The Bertz CT molecular complexity index is 652. The molecule has 0 aromatic carbocycles. The Hall–Kier alpha value is -2.09. The monoisotopic (exact) mass is 326 g/mol. The van der Waals surface area contributed by atoms with Crippen LogP contribution in [0.2, 0.25) is 5.28 Å². The van der Waals surface area contributed by atoms with Crippen molar-refractivity contribution >= 4 is 34.5 Å². The molecule has 0 saturated heterocycles. The molecule has 0 fully saturated rings. The molecule has 0 unspecified atom stereocenters. The van der Waals surface area contributed by atoms with Crippen molar-refractivity contribution in [3.63, 3.8) is 0 Å². The average molecular weight is 327 g/mol. The lowest BCUT2D eigenvalue weighted by Crippen LogP contribution is -2.33. The van der Waals surface area contributed by atoms with Crippen LogP contribution in [-0.4, -0.2) is 44.9 Å². The number of aromatic nitrogens is 4. The second-order valence-corrected chi connectivity index (χ2v) is 6.02. The van der Waals surface area contributed by atoms with Gasteiger partial charge in [0.15, 0.2) is 5.65 Å². The third-order valence-electron chi connectivity index (χ3n) is 2.60. The van der Waals surface area contributed by atoms with E-state index in [0.717, 1.165) is 5.39 Å². The van der Waals surface area contributed by atoms with Crippen LogP contribution in [0.4, 0.5) is 10.6 Å². The van der Waals surface area contributed by atoms with E-state index in [0.29, 0.717) is 31.0 Å². The summed E-state index contributed by atoms with van der Waals surface area (Å²) in [6.07, 6.45) is 1.92. The molecule has 0 atom stereocenters. The maximum Gasteiger partial charge on any atom is 0.407 e. The molecular weight excluding hydrogens is 308 g/mol. The van der Waals surface area contributed by atoms with Crippen LogP contribution in [0.1, 0.15) is 27.2 Å². The van der Waals surface area contributed by atoms with Crippen LogP contribution in [0, 0.1) is 0 Å². The minimum atomic E-state index is -0.493. The lowest BCUT2D eigenvalue weighted by atomic mass is 10.2. The Morgan fingerprint density at radius 2 is 2.14 bits per heavy atom. The van der Waals surface area contributed by atoms with Crippen molar-refractivity contribution in [3.05, 3.63) is 11.5 Å². The Labute approximate surface area is 133 Å². The number of alkyl carbamates (subject to hydrolysis) is 1. The van der Waals surface area contributed by atoms with Gasteiger partial charge in [-0.25, -0.2) is 4.79 Å². The quantitative estimate of drug-likeness (QED) is 0.575. The van der Waals surface area contributed by atoms with E-state index in [1.165, 1.54) is 0 Å². The van der Waals surface area contributed by atoms with Crippen molar-refractivity contribution in [3.8, 4) is 0 Å². The highest BCUT2D eigenvalue weighted by Gasteiger charge is 2.15. The molecule has 9 heteroatoms. The third kappa shape index (κ3) is 4.73. The lowest BCUT2D eigenvalue weighted by molar-refractivity contribution is 0.0528. The molecule has 2 rings (SSSR count). The number of hydrogen-bond donors (Lipinski definition) is 3. The molecule has 2 aromatic rings. The van der Waals surface area contributed by atoms with Crippen molar-refractivity contribution in [1.82, 2.24) is 25.5 Å². The first kappa shape index (κ1) is 16.3. The topological polar surface area (TPSA) is 105 Å². The normalized spacial score (nSPS) is 11.5. The van der Waals surface area contributed by atoms with E-state index in [4.69, 9.17) is 16.3 Å². The van der Waals surface area contributed by atoms with Gasteiger partial charge in [0.25, 0.3) is 0 Å². The molecule has 3 N–H and O–H groups in total. The highest BCUT2D eigenvalue weighted by atomic mass is 35.5. The number of halogens is 1. The number of nitrogens with zero attached hydrogens (tertiary/aromatic N) is 3. The van der Waals surface area contributed by atoms with E-state index < -0.39 is 11.7 Å². The van der Waals surface area contributed by atoms with E-state index in [9.17, 15) is 4.79 Å². The van der Waals surface area contributed by atoms with Gasteiger partial charge in [-0.2, -0.15) is 15.1 Å². The minimum absolute atomic E-state index is 0.145. The number of fused-ring (bicyclic) bond motifs is 1. The van der Waals surface area contributed by atoms with Gasteiger partial charge in [-0.3, -0.25) is 5.10 Å². The van der Waals surface area contributed by atoms with Crippen LogP contribution in [0.5, 0.6) is 0 Å². The summed E-state index contributed by atoms with van der Waals surface area (Å²) >= 11 is 5.84. The predicted molar refractivity (Wildman–Crippen MR) is 84.0 cm³/mol. The summed E-state index contributed by atoms with van der Waals surface area (Å²) in [5, 5.41) is 13.4. The molecule has 2 heterocycles. The van der Waals surface area contributed by atoms with Gasteiger partial charge in [-0.05, 0) is 38.8 Å². The molecule has 1 amide bonds. The number of rotatable bonds is 5. The summed E-state index contributed by atoms with van der Waals surface area (Å²) in [4.78, 5) is 19.6. The fraction of sp³-hybridized carbons (Fsp3) is 0.538. The van der Waals surface area contributed by atoms with Crippen molar-refractivity contribution in [2.75, 3.05) is 18.4 Å². The van der Waals surface area contributed by atoms with Gasteiger partial charge < -0.3 is 15.4 Å². The summed E-state index contributed by atoms with van der Waals surface area (Å²) in [6, 6.07) is 0. The molecule has 0 saturated carbocycles. The van der Waals surface area contributed by atoms with E-state index >= 15 is 0 Å². The Morgan fingerprint density at radius 3 is 2.86 bits per heavy atom. The first-order chi connectivity index (χ1) is 10.3. The molecule has 22 heavy (non-hydrogen) atoms. The third-order valence-corrected chi connectivity index (χ3v) is 2.77. The maximum atomic E-state index is 11.5. The van der Waals surface area contributed by atoms with E-state index in [1.807, 2.05) is 20.8 Å². The van der Waals surface area contributed by atoms with Gasteiger partial charge in [-0.1, -0.05) is 0 Å². The van der Waals surface area contributed by atoms with Gasteiger partial charge in [0.1, 0.15) is 11.4 Å². The number of amides is 1. The van der Waals surface area contributed by atoms with Crippen LogP contribution < -0.4 is 10.6 Å². The molecule has 0 radical (unpaired) electrons. The fourth-order valence-electron chi connectivity index (χ4n) is 1.74. The van der Waals surface area contributed by atoms with E-state index in [-0.39, 0.29) is 5.28 Å². The van der Waals surface area contributed by atoms with Gasteiger partial charge in [0.05, 0.1) is 11.6 Å². The molecule has 2 aromatic heterocycles. The Morgan fingerprint density at radius 1 is 1.36 bits per heavy atom. The SMILES string of the molecule is CC(C)(C)OC(=O)NCCCNc1nc(Cl)nc2[nH]ncc12. The smallest absolute Gasteiger partial charge is 0.407 e. The number of carbonyl (C=O) groups is 1. The van der Waals surface area contributed by atoms with Crippen molar-refractivity contribution in [1.29, 1.82) is 0 Å². The number of aromatic amines is 1. The zero-order chi connectivity index (χ0) is 16.2. The first-order valence-electron chi connectivity index (χ1n) is 6.92. The summed E-state index contributed by atoms with van der Waals surface area (Å²) in [7, 11) is 0. The summed E-state index contributed by atoms with van der Waals surface area (Å²) in [6.45, 7) is 6.58. The number of H-pyrrole nitrogens is 1. The second-order valence-electron chi connectivity index (χ2n) is 5.68. The highest BCUT2D eigenvalue weighted by Crippen LogP contribution is 2.19. The van der Waals surface area contributed by atoms with E-state index in [2.05, 4.69) is 30.8 Å². The number of anilines is 1. The summed E-state index contributed by atoms with van der Waals surface area (Å²) in [5.41, 5.74) is 0.0850. The Balaban J connectivity index is 1.77. The number of hydrogen-bond acceptors (Lipinski definition) is 6. The standard InChI is InChI=1S/C13H19ClN6O2/c1-13(2,3)22-12(21)16-6-4-5-15-9-8-7-17-20-10(8)19-11(14)18-9/h7H,4-6H2,1-3H3,(H,16,21)(H2,15,17,18,19,20). The van der Waals surface area contributed by atoms with Crippen molar-refractivity contribution in [2.45, 2.75) is 32.8 Å². The predicted octanol–water partition coefficient (Wildman–Crippen LogP) is 2.33. The maximum absolute atomic E-state index is 11.5. The molecule has 0 bridgehead atoms. The van der Waals surface area contributed by atoms with Crippen molar-refractivity contribution in [2.24, 2.45) is 0 Å². The van der Waals surface area contributed by atoms with Crippen LogP contribution in [0.15, 0.2) is 6.20 Å². The van der Waals surface area contributed by atoms with Gasteiger partial charge in [-0.15, -0.1) is 0 Å². The minimum Gasteiger partial charge on any atom is -0.444 e. The number of nitrogens with one attached hydrogen (secondary N) is 3. The van der Waals surface area contributed by atoms with Gasteiger partial charge in [0.2, 0.25) is 5.28 Å². The zero-order valence-corrected chi connectivity index (χ0v) is 13.5. The largest absolute Gasteiger partial charge is 0.444 e.